The number of carbonyl (C=O) groups is 1. The fourth-order valence-corrected chi connectivity index (χ4v) is 2.47. The molecule has 0 aliphatic rings. The summed E-state index contributed by atoms with van der Waals surface area (Å²) in [5.41, 5.74) is 1.80. The number of nitrogens with zero attached hydrogens (tertiary/aromatic N) is 1. The molecular weight excluding hydrogens is 351 g/mol. The zero-order valence-corrected chi connectivity index (χ0v) is 14.1. The first kappa shape index (κ1) is 16.4. The Morgan fingerprint density at radius 3 is 2.54 bits per heavy atom. The average Bonchev–Trinajstić information content (AvgIpc) is 3.04. The fraction of sp³-hybridized carbons (Fsp3) is 0.0588. The summed E-state index contributed by atoms with van der Waals surface area (Å²) in [5, 5.41) is 7.54. The lowest BCUT2D eigenvalue weighted by Crippen LogP contribution is -2.11. The Morgan fingerprint density at radius 2 is 1.88 bits per heavy atom. The summed E-state index contributed by atoms with van der Waals surface area (Å²) >= 11 is 11.9. The molecule has 3 aromatic rings. The van der Waals surface area contributed by atoms with Crippen molar-refractivity contribution in [3.05, 3.63) is 64.1 Å². The summed E-state index contributed by atoms with van der Waals surface area (Å²) in [6.07, 6.45) is 0. The van der Waals surface area contributed by atoms with Crippen molar-refractivity contribution in [1.82, 2.24) is 5.16 Å². The van der Waals surface area contributed by atoms with E-state index in [0.29, 0.717) is 27.1 Å². The standard InChI is InChI=1S/C17H12Cl2N2O3/c1-23-15-7-4-11(8-13(15)19)17(22)20-16-9-14(21-24-16)10-2-5-12(18)6-3-10/h2-9H,1H3,(H,20,22). The van der Waals surface area contributed by atoms with Crippen LogP contribution >= 0.6 is 23.2 Å². The Labute approximate surface area is 148 Å². The van der Waals surface area contributed by atoms with Crippen molar-refractivity contribution in [2.45, 2.75) is 0 Å². The van der Waals surface area contributed by atoms with Crippen LogP contribution in [0.1, 0.15) is 10.4 Å². The van der Waals surface area contributed by atoms with Gasteiger partial charge in [-0.2, -0.15) is 0 Å². The predicted molar refractivity (Wildman–Crippen MR) is 92.9 cm³/mol. The summed E-state index contributed by atoms with van der Waals surface area (Å²) in [7, 11) is 1.51. The van der Waals surface area contributed by atoms with E-state index in [-0.39, 0.29) is 11.8 Å². The van der Waals surface area contributed by atoms with Gasteiger partial charge < -0.3 is 9.26 Å². The number of methoxy groups -OCH3 is 1. The molecule has 2 aromatic carbocycles. The number of carbonyl (C=O) groups excluding carboxylic acids is 1. The highest BCUT2D eigenvalue weighted by Gasteiger charge is 2.13. The lowest BCUT2D eigenvalue weighted by Gasteiger charge is -2.05. The quantitative estimate of drug-likeness (QED) is 0.715. The summed E-state index contributed by atoms with van der Waals surface area (Å²) in [5.74, 6) is 0.369. The van der Waals surface area contributed by atoms with Gasteiger partial charge in [-0.15, -0.1) is 0 Å². The number of halogens is 2. The van der Waals surface area contributed by atoms with Gasteiger partial charge in [0.15, 0.2) is 0 Å². The van der Waals surface area contributed by atoms with E-state index in [4.69, 9.17) is 32.5 Å². The normalized spacial score (nSPS) is 10.5. The Bertz CT molecular complexity index is 876. The van der Waals surface area contributed by atoms with E-state index < -0.39 is 0 Å². The second-order valence-corrected chi connectivity index (χ2v) is 5.73. The number of nitrogens with one attached hydrogen (secondary N) is 1. The first-order chi connectivity index (χ1) is 11.6. The van der Waals surface area contributed by atoms with Crippen LogP contribution in [0.3, 0.4) is 0 Å². The van der Waals surface area contributed by atoms with E-state index in [1.807, 2.05) is 12.1 Å². The topological polar surface area (TPSA) is 64.4 Å². The molecule has 24 heavy (non-hydrogen) atoms. The third-order valence-corrected chi connectivity index (χ3v) is 3.85. The van der Waals surface area contributed by atoms with Crippen LogP contribution in [0.4, 0.5) is 5.88 Å². The van der Waals surface area contributed by atoms with E-state index >= 15 is 0 Å². The van der Waals surface area contributed by atoms with E-state index in [2.05, 4.69) is 10.5 Å². The highest BCUT2D eigenvalue weighted by Crippen LogP contribution is 2.26. The maximum Gasteiger partial charge on any atom is 0.258 e. The molecule has 0 aliphatic heterocycles. The van der Waals surface area contributed by atoms with E-state index in [1.54, 1.807) is 30.3 Å². The van der Waals surface area contributed by atoms with E-state index in [0.717, 1.165) is 5.56 Å². The van der Waals surface area contributed by atoms with Gasteiger partial charge in [-0.25, -0.2) is 0 Å². The van der Waals surface area contributed by atoms with Gasteiger partial charge >= 0.3 is 0 Å². The molecule has 0 saturated carbocycles. The van der Waals surface area contributed by atoms with Gasteiger partial charge in [0.1, 0.15) is 11.4 Å². The first-order valence-electron chi connectivity index (χ1n) is 6.94. The Hall–Kier alpha value is -2.50. The van der Waals surface area contributed by atoms with Crippen LogP contribution in [-0.2, 0) is 0 Å². The van der Waals surface area contributed by atoms with Gasteiger partial charge in [-0.05, 0) is 30.3 Å². The van der Waals surface area contributed by atoms with Crippen LogP contribution in [0.5, 0.6) is 5.75 Å². The number of aromatic nitrogens is 1. The van der Waals surface area contributed by atoms with Gasteiger partial charge in [0.2, 0.25) is 5.88 Å². The number of hydrogen-bond donors (Lipinski definition) is 1. The SMILES string of the molecule is COc1ccc(C(=O)Nc2cc(-c3ccc(Cl)cc3)no2)cc1Cl. The minimum Gasteiger partial charge on any atom is -0.495 e. The van der Waals surface area contributed by atoms with Crippen molar-refractivity contribution < 1.29 is 14.1 Å². The molecule has 0 aliphatic carbocycles. The van der Waals surface area contributed by atoms with Gasteiger partial charge in [-0.1, -0.05) is 40.5 Å². The molecule has 122 valence electrons. The average molecular weight is 363 g/mol. The molecule has 0 radical (unpaired) electrons. The lowest BCUT2D eigenvalue weighted by atomic mass is 10.1. The molecule has 1 N–H and O–H groups in total. The summed E-state index contributed by atoms with van der Waals surface area (Å²) in [6.45, 7) is 0. The minimum atomic E-state index is -0.363. The monoisotopic (exact) mass is 362 g/mol. The van der Waals surface area contributed by atoms with Crippen LogP contribution in [-0.4, -0.2) is 18.2 Å². The third kappa shape index (κ3) is 3.53. The van der Waals surface area contributed by atoms with Gasteiger partial charge in [0.05, 0.1) is 12.1 Å². The molecule has 1 aromatic heterocycles. The van der Waals surface area contributed by atoms with Crippen LogP contribution in [0.15, 0.2) is 53.1 Å². The molecule has 5 nitrogen and oxygen atoms in total. The molecular formula is C17H12Cl2N2O3. The van der Waals surface area contributed by atoms with Gasteiger partial charge in [0, 0.05) is 22.2 Å². The van der Waals surface area contributed by atoms with Crippen LogP contribution in [0.2, 0.25) is 10.0 Å². The fourth-order valence-electron chi connectivity index (χ4n) is 2.08. The van der Waals surface area contributed by atoms with Crippen molar-refractivity contribution in [2.75, 3.05) is 12.4 Å². The highest BCUT2D eigenvalue weighted by atomic mass is 35.5. The largest absolute Gasteiger partial charge is 0.495 e. The first-order valence-corrected chi connectivity index (χ1v) is 7.70. The number of rotatable bonds is 4. The smallest absolute Gasteiger partial charge is 0.258 e. The number of anilines is 1. The minimum absolute atomic E-state index is 0.233. The van der Waals surface area contributed by atoms with E-state index in [9.17, 15) is 4.79 Å². The molecule has 7 heteroatoms. The van der Waals surface area contributed by atoms with Crippen molar-refractivity contribution in [1.29, 1.82) is 0 Å². The number of amides is 1. The molecule has 0 saturated heterocycles. The number of hydrogen-bond acceptors (Lipinski definition) is 4. The van der Waals surface area contributed by atoms with E-state index in [1.165, 1.54) is 13.2 Å². The molecule has 0 fully saturated rings. The zero-order chi connectivity index (χ0) is 17.1. The third-order valence-electron chi connectivity index (χ3n) is 3.30. The molecule has 1 amide bonds. The van der Waals surface area contributed by atoms with Crippen LogP contribution in [0, 0.1) is 0 Å². The molecule has 1 heterocycles. The maximum absolute atomic E-state index is 12.2. The van der Waals surface area contributed by atoms with Crippen molar-refractivity contribution in [3.8, 4) is 17.0 Å². The Morgan fingerprint density at radius 1 is 1.12 bits per heavy atom. The summed E-state index contributed by atoms with van der Waals surface area (Å²) in [4.78, 5) is 12.2. The highest BCUT2D eigenvalue weighted by molar-refractivity contribution is 6.32. The van der Waals surface area contributed by atoms with Crippen LogP contribution < -0.4 is 10.1 Å². The molecule has 0 spiro atoms. The zero-order valence-electron chi connectivity index (χ0n) is 12.5. The molecule has 0 bridgehead atoms. The van der Waals surface area contributed by atoms with Crippen molar-refractivity contribution >= 4 is 35.0 Å². The second-order valence-electron chi connectivity index (χ2n) is 4.89. The molecule has 0 atom stereocenters. The van der Waals surface area contributed by atoms with Crippen LogP contribution in [0.25, 0.3) is 11.3 Å². The van der Waals surface area contributed by atoms with Crippen molar-refractivity contribution in [2.24, 2.45) is 0 Å². The number of ether oxygens (including phenoxy) is 1. The summed E-state index contributed by atoms with van der Waals surface area (Å²) in [6, 6.07) is 13.5. The lowest BCUT2D eigenvalue weighted by molar-refractivity contribution is 0.102. The Kier molecular flexibility index (Phi) is 4.74. The number of benzene rings is 2. The second kappa shape index (κ2) is 6.95. The molecule has 0 unspecified atom stereocenters. The summed E-state index contributed by atoms with van der Waals surface area (Å²) < 4.78 is 10.2. The van der Waals surface area contributed by atoms with Gasteiger partial charge in [0.25, 0.3) is 5.91 Å². The predicted octanol–water partition coefficient (Wildman–Crippen LogP) is 4.91. The molecule has 3 rings (SSSR count). The maximum atomic E-state index is 12.2. The Balaban J connectivity index is 1.75. The van der Waals surface area contributed by atoms with Crippen molar-refractivity contribution in [3.63, 3.8) is 0 Å². The van der Waals surface area contributed by atoms with Gasteiger partial charge in [-0.3, -0.25) is 10.1 Å².